The van der Waals surface area contributed by atoms with Gasteiger partial charge in [-0.1, -0.05) is 23.2 Å². The molecule has 0 aliphatic carbocycles. The lowest BCUT2D eigenvalue weighted by Crippen LogP contribution is -2.23. The van der Waals surface area contributed by atoms with E-state index in [2.05, 4.69) is 10.6 Å². The highest BCUT2D eigenvalue weighted by molar-refractivity contribution is 7.89. The van der Waals surface area contributed by atoms with Crippen molar-refractivity contribution in [3.63, 3.8) is 0 Å². The van der Waals surface area contributed by atoms with Crippen LogP contribution in [0, 0.1) is 0 Å². The lowest BCUT2D eigenvalue weighted by Gasteiger charge is -2.12. The maximum atomic E-state index is 12.0. The predicted molar refractivity (Wildman–Crippen MR) is 101 cm³/mol. The van der Waals surface area contributed by atoms with Crippen LogP contribution < -0.4 is 10.6 Å². The number of carbonyl (C=O) groups is 1. The number of anilines is 2. The summed E-state index contributed by atoms with van der Waals surface area (Å²) >= 11 is 11.7. The number of rotatable bonds is 6. The first kappa shape index (κ1) is 19.5. The number of nitrogens with zero attached hydrogens (tertiary/aromatic N) is 1. The number of hydrogen-bond donors (Lipinski definition) is 2. The van der Waals surface area contributed by atoms with Crippen LogP contribution in [0.5, 0.6) is 0 Å². The molecule has 0 bridgehead atoms. The van der Waals surface area contributed by atoms with Crippen LogP contribution in [-0.2, 0) is 14.8 Å². The fraction of sp³-hybridized carbons (Fsp3) is 0.188. The third-order valence-corrected chi connectivity index (χ3v) is 5.86. The molecule has 6 nitrogen and oxygen atoms in total. The van der Waals surface area contributed by atoms with Crippen LogP contribution >= 0.6 is 23.2 Å². The van der Waals surface area contributed by atoms with Crippen LogP contribution in [0.3, 0.4) is 0 Å². The van der Waals surface area contributed by atoms with Gasteiger partial charge in [-0.2, -0.15) is 0 Å². The summed E-state index contributed by atoms with van der Waals surface area (Å²) in [6.07, 6.45) is 0. The Morgan fingerprint density at radius 3 is 2.16 bits per heavy atom. The zero-order chi connectivity index (χ0) is 18.6. The normalized spacial score (nSPS) is 11.4. The quantitative estimate of drug-likeness (QED) is 0.777. The van der Waals surface area contributed by atoms with Gasteiger partial charge in [-0.25, -0.2) is 12.7 Å². The zero-order valence-corrected chi connectivity index (χ0v) is 15.9. The molecule has 0 aliphatic heterocycles. The lowest BCUT2D eigenvalue weighted by atomic mass is 10.3. The van der Waals surface area contributed by atoms with Crippen LogP contribution in [0.4, 0.5) is 11.4 Å². The Morgan fingerprint density at radius 1 is 1.00 bits per heavy atom. The van der Waals surface area contributed by atoms with Crippen molar-refractivity contribution in [2.24, 2.45) is 0 Å². The molecule has 0 fully saturated rings. The molecule has 0 aromatic heterocycles. The number of halogens is 2. The molecule has 0 unspecified atom stereocenters. The van der Waals surface area contributed by atoms with Crippen molar-refractivity contribution in [2.75, 3.05) is 31.3 Å². The number of amides is 1. The largest absolute Gasteiger partial charge is 0.376 e. The number of sulfonamides is 1. The minimum Gasteiger partial charge on any atom is -0.376 e. The molecule has 0 radical (unpaired) electrons. The SMILES string of the molecule is CN(C)S(=O)(=O)c1ccc(NC(=O)CNc2ccc(Cl)c(Cl)c2)cc1. The molecular formula is C16H17Cl2N3O3S. The third-order valence-electron chi connectivity index (χ3n) is 3.29. The van der Waals surface area contributed by atoms with Crippen LogP contribution in [-0.4, -0.2) is 39.3 Å². The van der Waals surface area contributed by atoms with Gasteiger partial charge in [0.1, 0.15) is 0 Å². The maximum Gasteiger partial charge on any atom is 0.243 e. The molecule has 0 heterocycles. The summed E-state index contributed by atoms with van der Waals surface area (Å²) in [7, 11) is -0.575. The number of hydrogen-bond acceptors (Lipinski definition) is 4. The maximum absolute atomic E-state index is 12.0. The summed E-state index contributed by atoms with van der Waals surface area (Å²) in [6.45, 7) is 0.0235. The van der Waals surface area contributed by atoms with Crippen LogP contribution in [0.15, 0.2) is 47.4 Å². The first-order valence-corrected chi connectivity index (χ1v) is 9.41. The topological polar surface area (TPSA) is 78.5 Å². The van der Waals surface area contributed by atoms with Gasteiger partial charge < -0.3 is 10.6 Å². The van der Waals surface area contributed by atoms with Crippen molar-refractivity contribution in [2.45, 2.75) is 4.90 Å². The first-order chi connectivity index (χ1) is 11.7. The second-order valence-corrected chi connectivity index (χ2v) is 8.31. The monoisotopic (exact) mass is 401 g/mol. The fourth-order valence-electron chi connectivity index (χ4n) is 1.91. The molecule has 0 spiro atoms. The van der Waals surface area contributed by atoms with E-state index in [1.54, 1.807) is 18.2 Å². The van der Waals surface area contributed by atoms with E-state index in [4.69, 9.17) is 23.2 Å². The number of benzene rings is 2. The van der Waals surface area contributed by atoms with Crippen molar-refractivity contribution in [3.8, 4) is 0 Å². The van der Waals surface area contributed by atoms with E-state index in [9.17, 15) is 13.2 Å². The molecule has 0 saturated carbocycles. The van der Waals surface area contributed by atoms with Crippen LogP contribution in [0.2, 0.25) is 10.0 Å². The highest BCUT2D eigenvalue weighted by Gasteiger charge is 2.16. The van der Waals surface area contributed by atoms with Gasteiger partial charge in [0, 0.05) is 25.5 Å². The summed E-state index contributed by atoms with van der Waals surface area (Å²) in [6, 6.07) is 10.9. The van der Waals surface area contributed by atoms with Gasteiger partial charge in [0.2, 0.25) is 15.9 Å². The molecule has 0 saturated heterocycles. The highest BCUT2D eigenvalue weighted by atomic mass is 35.5. The van der Waals surface area contributed by atoms with E-state index in [0.717, 1.165) is 4.31 Å². The summed E-state index contributed by atoms with van der Waals surface area (Å²) in [5, 5.41) is 6.43. The molecule has 25 heavy (non-hydrogen) atoms. The van der Waals surface area contributed by atoms with Gasteiger partial charge in [0.15, 0.2) is 0 Å². The number of carbonyl (C=O) groups excluding carboxylic acids is 1. The lowest BCUT2D eigenvalue weighted by molar-refractivity contribution is -0.114. The van der Waals surface area contributed by atoms with Gasteiger partial charge in [0.05, 0.1) is 21.5 Å². The Balaban J connectivity index is 1.95. The Bertz CT molecular complexity index is 869. The van der Waals surface area contributed by atoms with Gasteiger partial charge in [-0.05, 0) is 42.5 Å². The molecule has 134 valence electrons. The Morgan fingerprint density at radius 2 is 1.60 bits per heavy atom. The molecular weight excluding hydrogens is 385 g/mol. The summed E-state index contributed by atoms with van der Waals surface area (Å²) in [4.78, 5) is 12.1. The molecule has 2 aromatic rings. The molecule has 2 aromatic carbocycles. The van der Waals surface area contributed by atoms with E-state index >= 15 is 0 Å². The van der Waals surface area contributed by atoms with E-state index < -0.39 is 10.0 Å². The van der Waals surface area contributed by atoms with Gasteiger partial charge >= 0.3 is 0 Å². The number of nitrogens with one attached hydrogen (secondary N) is 2. The highest BCUT2D eigenvalue weighted by Crippen LogP contribution is 2.24. The summed E-state index contributed by atoms with van der Waals surface area (Å²) < 4.78 is 25.1. The fourth-order valence-corrected chi connectivity index (χ4v) is 3.11. The van der Waals surface area contributed by atoms with Crippen molar-refractivity contribution >= 4 is 50.5 Å². The van der Waals surface area contributed by atoms with Crippen molar-refractivity contribution in [1.82, 2.24) is 4.31 Å². The second-order valence-electron chi connectivity index (χ2n) is 5.34. The van der Waals surface area contributed by atoms with E-state index in [1.165, 1.54) is 38.4 Å². The third kappa shape index (κ3) is 5.09. The minimum absolute atomic E-state index is 0.0235. The zero-order valence-electron chi connectivity index (χ0n) is 13.6. The molecule has 1 amide bonds. The van der Waals surface area contributed by atoms with Crippen LogP contribution in [0.1, 0.15) is 0 Å². The van der Waals surface area contributed by atoms with Crippen molar-refractivity contribution in [1.29, 1.82) is 0 Å². The van der Waals surface area contributed by atoms with Crippen molar-refractivity contribution < 1.29 is 13.2 Å². The Kier molecular flexibility index (Phi) is 6.29. The average Bonchev–Trinajstić information content (AvgIpc) is 2.56. The molecule has 9 heteroatoms. The molecule has 0 aliphatic rings. The first-order valence-electron chi connectivity index (χ1n) is 7.21. The molecule has 0 atom stereocenters. The molecule has 2 N–H and O–H groups in total. The van der Waals surface area contributed by atoms with Crippen LogP contribution in [0.25, 0.3) is 0 Å². The second kappa shape index (κ2) is 8.05. The predicted octanol–water partition coefficient (Wildman–Crippen LogP) is 3.29. The van der Waals surface area contributed by atoms with Gasteiger partial charge in [-0.3, -0.25) is 4.79 Å². The van der Waals surface area contributed by atoms with E-state index in [-0.39, 0.29) is 17.3 Å². The summed E-state index contributed by atoms with van der Waals surface area (Å²) in [5.41, 5.74) is 1.16. The van der Waals surface area contributed by atoms with Gasteiger partial charge in [0.25, 0.3) is 0 Å². The summed E-state index contributed by atoms with van der Waals surface area (Å²) in [5.74, 6) is -0.283. The smallest absolute Gasteiger partial charge is 0.243 e. The minimum atomic E-state index is -3.49. The Hall–Kier alpha value is -1.80. The average molecular weight is 402 g/mol. The van der Waals surface area contributed by atoms with Gasteiger partial charge in [-0.15, -0.1) is 0 Å². The van der Waals surface area contributed by atoms with E-state index in [1.807, 2.05) is 0 Å². The standard InChI is InChI=1S/C16H17Cl2N3O3S/c1-21(2)25(23,24)13-6-3-11(4-7-13)20-16(22)10-19-12-5-8-14(17)15(18)9-12/h3-9,19H,10H2,1-2H3,(H,20,22). The van der Waals surface area contributed by atoms with Crippen molar-refractivity contribution in [3.05, 3.63) is 52.5 Å². The Labute approximate surface area is 156 Å². The van der Waals surface area contributed by atoms with E-state index in [0.29, 0.717) is 21.4 Å². The molecule has 2 rings (SSSR count).